The van der Waals surface area contributed by atoms with E-state index in [0.29, 0.717) is 31.2 Å². The number of sulfonamides is 1. The summed E-state index contributed by atoms with van der Waals surface area (Å²) < 4.78 is 57.0. The smallest absolute Gasteiger partial charge is 0.387 e. The molecule has 2 N–H and O–H groups in total. The van der Waals surface area contributed by atoms with E-state index in [4.69, 9.17) is 0 Å². The number of nitrogens with one attached hydrogen (secondary N) is 2. The van der Waals surface area contributed by atoms with Gasteiger partial charge in [0.2, 0.25) is 10.0 Å². The van der Waals surface area contributed by atoms with Crippen molar-refractivity contribution >= 4 is 28.0 Å². The second-order valence-electron chi connectivity index (χ2n) is 8.28. The number of carbonyl (C=O) groups excluding carboxylic acids is 2. The summed E-state index contributed by atoms with van der Waals surface area (Å²) in [6.45, 7) is -2.69. The highest BCUT2D eigenvalue weighted by Crippen LogP contribution is 2.35. The van der Waals surface area contributed by atoms with E-state index in [2.05, 4.69) is 14.8 Å². The Bertz CT molecular complexity index is 1050. The number of carbonyl (C=O) groups is 2. The molecule has 4 rings (SSSR count). The summed E-state index contributed by atoms with van der Waals surface area (Å²) in [7, 11) is -3.74. The van der Waals surface area contributed by atoms with Gasteiger partial charge in [0.1, 0.15) is 11.3 Å². The molecule has 1 aromatic carbocycles. The molecular weight excluding hydrogens is 444 g/mol. The van der Waals surface area contributed by atoms with Crippen LogP contribution in [0.5, 0.6) is 5.75 Å². The molecule has 0 bridgehead atoms. The number of rotatable bonds is 8. The molecule has 174 valence electrons. The molecule has 2 aliphatic carbocycles. The van der Waals surface area contributed by atoms with E-state index in [1.54, 1.807) is 6.07 Å². The first-order chi connectivity index (χ1) is 15.2. The molecule has 1 aromatic rings. The Morgan fingerprint density at radius 1 is 1.19 bits per heavy atom. The van der Waals surface area contributed by atoms with Crippen molar-refractivity contribution in [1.29, 1.82) is 0 Å². The highest BCUT2D eigenvalue weighted by atomic mass is 32.2. The molecular formula is C21H25F2N3O5S. The molecule has 8 nitrogen and oxygen atoms in total. The molecule has 0 unspecified atom stereocenters. The molecule has 1 spiro atoms. The minimum Gasteiger partial charge on any atom is -0.435 e. The number of allylic oxidation sites excluding steroid dienone is 1. The number of urea groups is 1. The zero-order valence-corrected chi connectivity index (χ0v) is 18.2. The number of amides is 3. The molecule has 3 amide bonds. The summed E-state index contributed by atoms with van der Waals surface area (Å²) in [4.78, 5) is 26.2. The summed E-state index contributed by atoms with van der Waals surface area (Å²) in [5.74, 6) is -0.180. The van der Waals surface area contributed by atoms with Crippen molar-refractivity contribution in [3.63, 3.8) is 0 Å². The minimum atomic E-state index is -3.74. The molecule has 1 aliphatic heterocycles. The quantitative estimate of drug-likeness (QED) is 0.450. The highest BCUT2D eigenvalue weighted by molar-refractivity contribution is 7.93. The van der Waals surface area contributed by atoms with Crippen molar-refractivity contribution in [3.05, 3.63) is 34.2 Å². The van der Waals surface area contributed by atoms with E-state index in [0.717, 1.165) is 18.4 Å². The monoisotopic (exact) mass is 469 g/mol. The van der Waals surface area contributed by atoms with Crippen LogP contribution in [0.2, 0.25) is 0 Å². The standard InChI is InChI=1S/C21H25F2N3O5S/c22-19(23)31-16-6-4-15-13-17(7-5-14(15)12-16)32(29,30)24-10-3-11-26-18(27)21(25-20(26)28)8-1-2-9-21/h4,6,12-13,19,24H,1-3,5,7-11H2,(H,25,28). The number of benzene rings is 1. The topological polar surface area (TPSA) is 105 Å². The maximum absolute atomic E-state index is 12.7. The third-order valence-electron chi connectivity index (χ3n) is 6.20. The Morgan fingerprint density at radius 3 is 2.66 bits per heavy atom. The van der Waals surface area contributed by atoms with Gasteiger partial charge in [-0.05, 0) is 61.4 Å². The number of fused-ring (bicyclic) bond motifs is 1. The number of aryl methyl sites for hydroxylation is 1. The second kappa shape index (κ2) is 8.78. The van der Waals surface area contributed by atoms with E-state index >= 15 is 0 Å². The largest absolute Gasteiger partial charge is 0.435 e. The average molecular weight is 470 g/mol. The van der Waals surface area contributed by atoms with Crippen molar-refractivity contribution < 1.29 is 31.5 Å². The number of alkyl halides is 2. The summed E-state index contributed by atoms with van der Waals surface area (Å²) >= 11 is 0. The van der Waals surface area contributed by atoms with Gasteiger partial charge in [-0.3, -0.25) is 9.69 Å². The predicted molar refractivity (Wildman–Crippen MR) is 112 cm³/mol. The van der Waals surface area contributed by atoms with Gasteiger partial charge in [0.05, 0.1) is 4.91 Å². The zero-order chi connectivity index (χ0) is 22.9. The van der Waals surface area contributed by atoms with Crippen LogP contribution in [0.1, 0.15) is 49.7 Å². The van der Waals surface area contributed by atoms with Crippen molar-refractivity contribution in [2.75, 3.05) is 13.1 Å². The van der Waals surface area contributed by atoms with Crippen LogP contribution >= 0.6 is 0 Å². The third kappa shape index (κ3) is 4.49. The fraction of sp³-hybridized carbons (Fsp3) is 0.524. The molecule has 0 radical (unpaired) electrons. The van der Waals surface area contributed by atoms with Crippen LogP contribution < -0.4 is 14.8 Å². The van der Waals surface area contributed by atoms with E-state index < -0.39 is 28.2 Å². The second-order valence-corrected chi connectivity index (χ2v) is 10.1. The van der Waals surface area contributed by atoms with Gasteiger partial charge in [-0.25, -0.2) is 17.9 Å². The predicted octanol–water partition coefficient (Wildman–Crippen LogP) is 2.75. The summed E-state index contributed by atoms with van der Waals surface area (Å²) in [6, 6.07) is 4.00. The first-order valence-corrected chi connectivity index (χ1v) is 12.1. The van der Waals surface area contributed by atoms with Gasteiger partial charge < -0.3 is 10.1 Å². The molecule has 1 saturated heterocycles. The van der Waals surface area contributed by atoms with Gasteiger partial charge in [-0.2, -0.15) is 8.78 Å². The Balaban J connectivity index is 1.32. The summed E-state index contributed by atoms with van der Waals surface area (Å²) in [5, 5.41) is 2.80. The van der Waals surface area contributed by atoms with Crippen molar-refractivity contribution in [1.82, 2.24) is 14.9 Å². The lowest BCUT2D eigenvalue weighted by Gasteiger charge is -2.20. The van der Waals surface area contributed by atoms with E-state index in [1.807, 2.05) is 0 Å². The molecule has 3 aliphatic rings. The van der Waals surface area contributed by atoms with Gasteiger partial charge in [0.25, 0.3) is 5.91 Å². The van der Waals surface area contributed by atoms with Crippen LogP contribution in [0, 0.1) is 0 Å². The first kappa shape index (κ1) is 22.7. The van der Waals surface area contributed by atoms with Gasteiger partial charge in [-0.1, -0.05) is 18.9 Å². The maximum atomic E-state index is 12.7. The fourth-order valence-electron chi connectivity index (χ4n) is 4.56. The number of imide groups is 1. The van der Waals surface area contributed by atoms with Crippen LogP contribution in [-0.4, -0.2) is 50.5 Å². The molecule has 1 heterocycles. The van der Waals surface area contributed by atoms with Crippen LogP contribution in [0.25, 0.3) is 6.08 Å². The van der Waals surface area contributed by atoms with Crippen molar-refractivity contribution in [3.8, 4) is 5.75 Å². The molecule has 1 saturated carbocycles. The van der Waals surface area contributed by atoms with Crippen LogP contribution in [0.3, 0.4) is 0 Å². The lowest BCUT2D eigenvalue weighted by molar-refractivity contribution is -0.131. The third-order valence-corrected chi connectivity index (χ3v) is 7.79. The van der Waals surface area contributed by atoms with Gasteiger partial charge in [0, 0.05) is 13.1 Å². The number of hydrogen-bond donors (Lipinski definition) is 2. The number of nitrogens with zero attached hydrogens (tertiary/aromatic N) is 1. The number of ether oxygens (including phenoxy) is 1. The lowest BCUT2D eigenvalue weighted by Crippen LogP contribution is -2.44. The minimum absolute atomic E-state index is 0.0384. The summed E-state index contributed by atoms with van der Waals surface area (Å²) in [5.41, 5.74) is 0.609. The highest BCUT2D eigenvalue weighted by Gasteiger charge is 2.52. The maximum Gasteiger partial charge on any atom is 0.387 e. The van der Waals surface area contributed by atoms with Gasteiger partial charge >= 0.3 is 12.6 Å². The van der Waals surface area contributed by atoms with Gasteiger partial charge in [-0.15, -0.1) is 0 Å². The molecule has 2 fully saturated rings. The van der Waals surface area contributed by atoms with Crippen molar-refractivity contribution in [2.24, 2.45) is 0 Å². The number of hydrogen-bond acceptors (Lipinski definition) is 5. The molecule has 0 aromatic heterocycles. The number of halogens is 2. The van der Waals surface area contributed by atoms with Crippen LogP contribution in [-0.2, 0) is 21.2 Å². The Morgan fingerprint density at radius 2 is 1.94 bits per heavy atom. The summed E-state index contributed by atoms with van der Waals surface area (Å²) in [6.07, 6.45) is 5.53. The Kier molecular flexibility index (Phi) is 6.22. The Hall–Kier alpha value is -2.53. The van der Waals surface area contributed by atoms with Crippen LogP contribution in [0.4, 0.5) is 13.6 Å². The van der Waals surface area contributed by atoms with Gasteiger partial charge in [0.15, 0.2) is 0 Å². The van der Waals surface area contributed by atoms with E-state index in [-0.39, 0.29) is 36.1 Å². The molecule has 0 atom stereocenters. The SMILES string of the molecule is O=C1NC2(CCCC2)C(=O)N1CCCNS(=O)(=O)C1=Cc2ccc(OC(F)F)cc2CC1. The first-order valence-electron chi connectivity index (χ1n) is 10.6. The molecule has 32 heavy (non-hydrogen) atoms. The zero-order valence-electron chi connectivity index (χ0n) is 17.4. The lowest BCUT2D eigenvalue weighted by atomic mass is 9.97. The van der Waals surface area contributed by atoms with E-state index in [9.17, 15) is 26.8 Å². The normalized spacial score (nSPS) is 20.0. The van der Waals surface area contributed by atoms with E-state index in [1.165, 1.54) is 23.1 Å². The average Bonchev–Trinajstić information content (AvgIpc) is 3.30. The molecule has 11 heteroatoms. The van der Waals surface area contributed by atoms with Crippen molar-refractivity contribution in [2.45, 2.75) is 57.1 Å². The van der Waals surface area contributed by atoms with Crippen LogP contribution in [0.15, 0.2) is 23.1 Å². The fourth-order valence-corrected chi connectivity index (χ4v) is 5.82. The Labute approximate surface area is 185 Å².